The van der Waals surface area contributed by atoms with E-state index in [0.29, 0.717) is 24.0 Å². The van der Waals surface area contributed by atoms with Gasteiger partial charge in [-0.3, -0.25) is 4.79 Å². The number of hydrogen-bond acceptors (Lipinski definition) is 5. The zero-order chi connectivity index (χ0) is 13.4. The molecule has 0 saturated carbocycles. The Morgan fingerprint density at radius 1 is 1.44 bits per heavy atom. The van der Waals surface area contributed by atoms with E-state index in [2.05, 4.69) is 27.8 Å². The van der Waals surface area contributed by atoms with Gasteiger partial charge in [0, 0.05) is 13.6 Å². The summed E-state index contributed by atoms with van der Waals surface area (Å²) in [5.74, 6) is 0.983. The van der Waals surface area contributed by atoms with E-state index in [0.717, 1.165) is 19.4 Å². The second kappa shape index (κ2) is 7.60. The highest BCUT2D eigenvalue weighted by Gasteiger charge is 2.07. The van der Waals surface area contributed by atoms with Gasteiger partial charge in [-0.1, -0.05) is 13.3 Å². The molecule has 0 spiro atoms. The van der Waals surface area contributed by atoms with E-state index in [1.54, 1.807) is 19.2 Å². The van der Waals surface area contributed by atoms with Crippen molar-refractivity contribution >= 4 is 11.7 Å². The lowest BCUT2D eigenvalue weighted by Gasteiger charge is -2.14. The van der Waals surface area contributed by atoms with Crippen LogP contribution in [0.2, 0.25) is 0 Å². The molecule has 4 N–H and O–H groups in total. The van der Waals surface area contributed by atoms with E-state index < -0.39 is 0 Å². The lowest BCUT2D eigenvalue weighted by atomic mass is 10.0. The molecule has 1 aromatic heterocycles. The molecule has 6 nitrogen and oxygen atoms in total. The lowest BCUT2D eigenvalue weighted by molar-refractivity contribution is 0.0957. The Kier molecular flexibility index (Phi) is 6.07. The summed E-state index contributed by atoms with van der Waals surface area (Å²) < 4.78 is 0. The first-order valence-electron chi connectivity index (χ1n) is 6.21. The van der Waals surface area contributed by atoms with Gasteiger partial charge in [0.25, 0.3) is 5.91 Å². The molecule has 1 rings (SSSR count). The minimum Gasteiger partial charge on any atom is -0.368 e. The van der Waals surface area contributed by atoms with Gasteiger partial charge in [0.2, 0.25) is 0 Å². The maximum absolute atomic E-state index is 11.3. The van der Waals surface area contributed by atoms with Gasteiger partial charge in [0.1, 0.15) is 5.82 Å². The predicted octanol–water partition coefficient (Wildman–Crippen LogP) is 0.623. The van der Waals surface area contributed by atoms with E-state index in [9.17, 15) is 4.79 Å². The van der Waals surface area contributed by atoms with Crippen molar-refractivity contribution in [1.82, 2.24) is 15.5 Å². The van der Waals surface area contributed by atoms with Crippen LogP contribution < -0.4 is 16.4 Å². The monoisotopic (exact) mass is 251 g/mol. The van der Waals surface area contributed by atoms with Gasteiger partial charge >= 0.3 is 0 Å². The summed E-state index contributed by atoms with van der Waals surface area (Å²) in [6, 6.07) is 3.41. The molecule has 1 heterocycles. The van der Waals surface area contributed by atoms with Gasteiger partial charge in [-0.05, 0) is 31.0 Å². The standard InChI is InChI=1S/C12H21N5O/c1-3-9(6-7-13)8-15-11-5-4-10(16-17-11)12(18)14-2/h4-5,9H,3,6-8,13H2,1-2H3,(H,14,18)(H,15,17). The molecule has 0 aliphatic rings. The molecule has 0 bridgehead atoms. The molecule has 0 saturated heterocycles. The first kappa shape index (κ1) is 14.4. The van der Waals surface area contributed by atoms with Crippen molar-refractivity contribution in [3.05, 3.63) is 17.8 Å². The van der Waals surface area contributed by atoms with Crippen molar-refractivity contribution in [1.29, 1.82) is 0 Å². The molecule has 0 fully saturated rings. The van der Waals surface area contributed by atoms with Gasteiger partial charge in [0.05, 0.1) is 0 Å². The van der Waals surface area contributed by atoms with Gasteiger partial charge in [-0.25, -0.2) is 0 Å². The molecule has 18 heavy (non-hydrogen) atoms. The van der Waals surface area contributed by atoms with Crippen LogP contribution in [0.25, 0.3) is 0 Å². The topological polar surface area (TPSA) is 92.9 Å². The number of rotatable bonds is 7. The summed E-state index contributed by atoms with van der Waals surface area (Å²) in [5.41, 5.74) is 5.86. The third-order valence-corrected chi connectivity index (χ3v) is 2.85. The quantitative estimate of drug-likeness (QED) is 0.660. The molecule has 0 aromatic carbocycles. The Balaban J connectivity index is 2.50. The van der Waals surface area contributed by atoms with Gasteiger partial charge in [-0.2, -0.15) is 0 Å². The number of hydrogen-bond donors (Lipinski definition) is 3. The van der Waals surface area contributed by atoms with E-state index in [4.69, 9.17) is 5.73 Å². The molecular formula is C12H21N5O. The Hall–Kier alpha value is -1.69. The Labute approximate surface area is 107 Å². The minimum atomic E-state index is -0.233. The van der Waals surface area contributed by atoms with Crippen molar-refractivity contribution in [2.45, 2.75) is 19.8 Å². The number of nitrogens with zero attached hydrogens (tertiary/aromatic N) is 2. The van der Waals surface area contributed by atoms with E-state index in [1.165, 1.54) is 0 Å². The van der Waals surface area contributed by atoms with Gasteiger partial charge in [0.15, 0.2) is 5.69 Å². The molecule has 6 heteroatoms. The number of aromatic nitrogens is 2. The fraction of sp³-hybridized carbons (Fsp3) is 0.583. The van der Waals surface area contributed by atoms with Crippen molar-refractivity contribution in [2.75, 3.05) is 25.5 Å². The summed E-state index contributed by atoms with van der Waals surface area (Å²) in [7, 11) is 1.56. The van der Waals surface area contributed by atoms with Crippen LogP contribution in [0.4, 0.5) is 5.82 Å². The third kappa shape index (κ3) is 4.29. The maximum atomic E-state index is 11.3. The maximum Gasteiger partial charge on any atom is 0.271 e. The van der Waals surface area contributed by atoms with E-state index in [-0.39, 0.29) is 5.91 Å². The zero-order valence-corrected chi connectivity index (χ0v) is 10.9. The molecule has 100 valence electrons. The molecule has 1 amide bonds. The summed E-state index contributed by atoms with van der Waals surface area (Å²) in [5, 5.41) is 13.5. The minimum absolute atomic E-state index is 0.233. The molecule has 0 radical (unpaired) electrons. The van der Waals surface area contributed by atoms with E-state index >= 15 is 0 Å². The van der Waals surface area contributed by atoms with Crippen LogP contribution in [-0.2, 0) is 0 Å². The highest BCUT2D eigenvalue weighted by Crippen LogP contribution is 2.09. The zero-order valence-electron chi connectivity index (χ0n) is 10.9. The summed E-state index contributed by atoms with van der Waals surface area (Å²) in [4.78, 5) is 11.3. The highest BCUT2D eigenvalue weighted by atomic mass is 16.1. The van der Waals surface area contributed by atoms with Crippen LogP contribution in [0.15, 0.2) is 12.1 Å². The van der Waals surface area contributed by atoms with Crippen molar-refractivity contribution < 1.29 is 4.79 Å². The Morgan fingerprint density at radius 2 is 2.22 bits per heavy atom. The van der Waals surface area contributed by atoms with Crippen molar-refractivity contribution in [3.63, 3.8) is 0 Å². The van der Waals surface area contributed by atoms with Crippen molar-refractivity contribution in [3.8, 4) is 0 Å². The van der Waals surface area contributed by atoms with Crippen LogP contribution in [0, 0.1) is 5.92 Å². The number of amides is 1. The fourth-order valence-electron chi connectivity index (χ4n) is 1.61. The largest absolute Gasteiger partial charge is 0.368 e. The molecular weight excluding hydrogens is 230 g/mol. The third-order valence-electron chi connectivity index (χ3n) is 2.85. The first-order valence-corrected chi connectivity index (χ1v) is 6.21. The van der Waals surface area contributed by atoms with Crippen LogP contribution in [0.5, 0.6) is 0 Å². The van der Waals surface area contributed by atoms with Crippen LogP contribution in [0.1, 0.15) is 30.3 Å². The summed E-state index contributed by atoms with van der Waals surface area (Å²) in [6.07, 6.45) is 2.07. The number of nitrogens with one attached hydrogen (secondary N) is 2. The number of anilines is 1. The summed E-state index contributed by atoms with van der Waals surface area (Å²) >= 11 is 0. The molecule has 0 aliphatic carbocycles. The van der Waals surface area contributed by atoms with Crippen molar-refractivity contribution in [2.24, 2.45) is 11.7 Å². The molecule has 1 atom stereocenters. The lowest BCUT2D eigenvalue weighted by Crippen LogP contribution is -2.21. The smallest absolute Gasteiger partial charge is 0.271 e. The molecule has 0 aliphatic heterocycles. The number of carbonyl (C=O) groups excluding carboxylic acids is 1. The normalized spacial score (nSPS) is 11.9. The second-order valence-electron chi connectivity index (χ2n) is 4.12. The second-order valence-corrected chi connectivity index (χ2v) is 4.12. The van der Waals surface area contributed by atoms with Crippen LogP contribution in [0.3, 0.4) is 0 Å². The fourth-order valence-corrected chi connectivity index (χ4v) is 1.61. The first-order chi connectivity index (χ1) is 8.71. The Morgan fingerprint density at radius 3 is 2.72 bits per heavy atom. The SMILES string of the molecule is CCC(CCN)CNc1ccc(C(=O)NC)nn1. The number of carbonyl (C=O) groups is 1. The van der Waals surface area contributed by atoms with Gasteiger partial charge < -0.3 is 16.4 Å². The molecule has 1 unspecified atom stereocenters. The van der Waals surface area contributed by atoms with Gasteiger partial charge in [-0.15, -0.1) is 10.2 Å². The molecule has 1 aromatic rings. The van der Waals surface area contributed by atoms with E-state index in [1.807, 2.05) is 0 Å². The highest BCUT2D eigenvalue weighted by molar-refractivity contribution is 5.91. The predicted molar refractivity (Wildman–Crippen MR) is 71.4 cm³/mol. The Bertz CT molecular complexity index is 365. The van der Waals surface area contributed by atoms with Crippen LogP contribution in [-0.4, -0.2) is 36.2 Å². The van der Waals surface area contributed by atoms with Crippen LogP contribution >= 0.6 is 0 Å². The number of nitrogens with two attached hydrogens (primary N) is 1. The average molecular weight is 251 g/mol. The summed E-state index contributed by atoms with van der Waals surface area (Å²) in [6.45, 7) is 3.66. The average Bonchev–Trinajstić information content (AvgIpc) is 2.43.